The van der Waals surface area contributed by atoms with E-state index in [0.29, 0.717) is 36.0 Å². The van der Waals surface area contributed by atoms with Gasteiger partial charge in [0.05, 0.1) is 18.9 Å². The van der Waals surface area contributed by atoms with Gasteiger partial charge in [-0.05, 0) is 61.4 Å². The second kappa shape index (κ2) is 10.9. The first kappa shape index (κ1) is 23.5. The molecule has 2 aromatic rings. The smallest absolute Gasteiger partial charge is 0.335 e. The minimum absolute atomic E-state index is 0.160. The molecule has 0 radical (unpaired) electrons. The van der Waals surface area contributed by atoms with E-state index < -0.39 is 17.8 Å². The molecule has 1 saturated heterocycles. The lowest BCUT2D eigenvalue weighted by Gasteiger charge is -2.26. The third-order valence-electron chi connectivity index (χ3n) is 4.70. The average molecular weight is 501 g/mol. The van der Waals surface area contributed by atoms with Crippen molar-refractivity contribution in [1.29, 1.82) is 0 Å². The second-order valence-electron chi connectivity index (χ2n) is 7.18. The van der Waals surface area contributed by atoms with E-state index in [2.05, 4.69) is 28.2 Å². The van der Waals surface area contributed by atoms with Crippen molar-refractivity contribution in [2.75, 3.05) is 18.1 Å². The van der Waals surface area contributed by atoms with E-state index in [-0.39, 0.29) is 5.57 Å². The molecule has 1 N–H and O–H groups in total. The zero-order chi connectivity index (χ0) is 23.1. The Morgan fingerprint density at radius 1 is 0.969 bits per heavy atom. The number of rotatable bonds is 9. The number of halogens is 1. The van der Waals surface area contributed by atoms with Gasteiger partial charge in [0.1, 0.15) is 17.1 Å². The SMILES string of the molecule is CCCCOc1ccc(N2C(=O)NC(=O)/C(=C/c3cc(Br)ccc3OCCC)C2=O)cc1. The number of hydrogen-bond acceptors (Lipinski definition) is 5. The van der Waals surface area contributed by atoms with Crippen LogP contribution in [0.3, 0.4) is 0 Å². The molecular formula is C24H25BrN2O5. The lowest BCUT2D eigenvalue weighted by Crippen LogP contribution is -2.54. The van der Waals surface area contributed by atoms with E-state index in [9.17, 15) is 14.4 Å². The van der Waals surface area contributed by atoms with Gasteiger partial charge in [0.2, 0.25) is 0 Å². The number of hydrogen-bond donors (Lipinski definition) is 1. The molecular weight excluding hydrogens is 476 g/mol. The van der Waals surface area contributed by atoms with E-state index in [4.69, 9.17) is 9.47 Å². The number of unbranched alkanes of at least 4 members (excludes halogenated alkanes) is 1. The lowest BCUT2D eigenvalue weighted by atomic mass is 10.1. The Kier molecular flexibility index (Phi) is 8.05. The summed E-state index contributed by atoms with van der Waals surface area (Å²) in [7, 11) is 0. The fraction of sp³-hybridized carbons (Fsp3) is 0.292. The molecule has 0 unspecified atom stereocenters. The van der Waals surface area contributed by atoms with Gasteiger partial charge >= 0.3 is 6.03 Å². The first-order valence-corrected chi connectivity index (χ1v) is 11.3. The van der Waals surface area contributed by atoms with Crippen LogP contribution in [0, 0.1) is 0 Å². The molecule has 0 aromatic heterocycles. The molecule has 0 aliphatic carbocycles. The third-order valence-corrected chi connectivity index (χ3v) is 5.19. The highest BCUT2D eigenvalue weighted by molar-refractivity contribution is 9.10. The van der Waals surface area contributed by atoms with Crippen LogP contribution in [-0.4, -0.2) is 31.1 Å². The molecule has 0 saturated carbocycles. The number of imide groups is 2. The number of benzene rings is 2. The Balaban J connectivity index is 1.90. The fourth-order valence-corrected chi connectivity index (χ4v) is 3.43. The first-order valence-electron chi connectivity index (χ1n) is 10.5. The summed E-state index contributed by atoms with van der Waals surface area (Å²) in [5.41, 5.74) is 0.734. The highest BCUT2D eigenvalue weighted by Crippen LogP contribution is 2.29. The van der Waals surface area contributed by atoms with Crippen LogP contribution in [-0.2, 0) is 9.59 Å². The van der Waals surface area contributed by atoms with E-state index in [0.717, 1.165) is 28.6 Å². The van der Waals surface area contributed by atoms with Crippen molar-refractivity contribution in [2.24, 2.45) is 0 Å². The van der Waals surface area contributed by atoms with Crippen molar-refractivity contribution in [3.63, 3.8) is 0 Å². The van der Waals surface area contributed by atoms with Crippen LogP contribution in [0.4, 0.5) is 10.5 Å². The van der Waals surface area contributed by atoms with Crippen molar-refractivity contribution in [3.05, 3.63) is 58.1 Å². The third kappa shape index (κ3) is 5.56. The van der Waals surface area contributed by atoms with Gasteiger partial charge in [-0.2, -0.15) is 0 Å². The molecule has 1 aliphatic rings. The maximum atomic E-state index is 13.1. The Bertz CT molecular complexity index is 1030. The Morgan fingerprint density at radius 3 is 2.41 bits per heavy atom. The van der Waals surface area contributed by atoms with Gasteiger partial charge in [-0.25, -0.2) is 9.69 Å². The van der Waals surface area contributed by atoms with Crippen molar-refractivity contribution in [1.82, 2.24) is 5.32 Å². The molecule has 1 aliphatic heterocycles. The molecule has 2 aromatic carbocycles. The summed E-state index contributed by atoms with van der Waals surface area (Å²) in [6, 6.07) is 11.1. The Labute approximate surface area is 195 Å². The number of amides is 4. The molecule has 0 spiro atoms. The topological polar surface area (TPSA) is 84.9 Å². The second-order valence-corrected chi connectivity index (χ2v) is 8.10. The zero-order valence-electron chi connectivity index (χ0n) is 18.0. The number of carbonyl (C=O) groups is 3. The quantitative estimate of drug-likeness (QED) is 0.294. The normalized spacial score (nSPS) is 15.2. The molecule has 1 heterocycles. The van der Waals surface area contributed by atoms with Crippen LogP contribution in [0.15, 0.2) is 52.5 Å². The van der Waals surface area contributed by atoms with Gasteiger partial charge in [-0.3, -0.25) is 14.9 Å². The maximum absolute atomic E-state index is 13.1. The number of anilines is 1. The molecule has 32 heavy (non-hydrogen) atoms. The minimum atomic E-state index is -0.798. The monoisotopic (exact) mass is 500 g/mol. The molecule has 7 nitrogen and oxygen atoms in total. The fourth-order valence-electron chi connectivity index (χ4n) is 3.05. The van der Waals surface area contributed by atoms with E-state index in [1.165, 1.54) is 6.08 Å². The molecule has 0 atom stereocenters. The number of carbonyl (C=O) groups excluding carboxylic acids is 3. The van der Waals surface area contributed by atoms with Crippen LogP contribution < -0.4 is 19.7 Å². The number of nitrogens with one attached hydrogen (secondary N) is 1. The zero-order valence-corrected chi connectivity index (χ0v) is 19.6. The van der Waals surface area contributed by atoms with E-state index in [1.54, 1.807) is 36.4 Å². The summed E-state index contributed by atoms with van der Waals surface area (Å²) in [6.45, 7) is 5.15. The summed E-state index contributed by atoms with van der Waals surface area (Å²) in [5.74, 6) is -0.275. The highest BCUT2D eigenvalue weighted by atomic mass is 79.9. The van der Waals surface area contributed by atoms with Crippen LogP contribution in [0.25, 0.3) is 6.08 Å². The van der Waals surface area contributed by atoms with Gasteiger partial charge < -0.3 is 9.47 Å². The number of nitrogens with zero attached hydrogens (tertiary/aromatic N) is 1. The van der Waals surface area contributed by atoms with Crippen LogP contribution in [0.5, 0.6) is 11.5 Å². The molecule has 3 rings (SSSR count). The van der Waals surface area contributed by atoms with E-state index in [1.807, 2.05) is 13.0 Å². The first-order chi connectivity index (χ1) is 15.4. The van der Waals surface area contributed by atoms with Gasteiger partial charge in [0, 0.05) is 10.0 Å². The van der Waals surface area contributed by atoms with Gasteiger partial charge in [0.25, 0.3) is 11.8 Å². The van der Waals surface area contributed by atoms with Crippen LogP contribution in [0.2, 0.25) is 0 Å². The summed E-state index contributed by atoms with van der Waals surface area (Å²) in [5, 5.41) is 2.24. The molecule has 168 valence electrons. The molecule has 0 bridgehead atoms. The van der Waals surface area contributed by atoms with Crippen molar-refractivity contribution in [3.8, 4) is 11.5 Å². The standard InChI is InChI=1S/C24H25BrN2O5/c1-3-5-13-31-19-9-7-18(8-10-19)27-23(29)20(22(28)26-24(27)30)15-16-14-17(25)6-11-21(16)32-12-4-2/h6-11,14-15H,3-5,12-13H2,1-2H3,(H,26,28,30)/b20-15-. The van der Waals surface area contributed by atoms with Gasteiger partial charge in [-0.1, -0.05) is 36.2 Å². The summed E-state index contributed by atoms with van der Waals surface area (Å²) >= 11 is 3.40. The van der Waals surface area contributed by atoms with Crippen molar-refractivity contribution in [2.45, 2.75) is 33.1 Å². The van der Waals surface area contributed by atoms with E-state index >= 15 is 0 Å². The average Bonchev–Trinajstić information content (AvgIpc) is 2.77. The summed E-state index contributed by atoms with van der Waals surface area (Å²) in [4.78, 5) is 39.0. The molecule has 1 fully saturated rings. The maximum Gasteiger partial charge on any atom is 0.335 e. The largest absolute Gasteiger partial charge is 0.494 e. The number of urea groups is 1. The lowest BCUT2D eigenvalue weighted by molar-refractivity contribution is -0.122. The van der Waals surface area contributed by atoms with Gasteiger partial charge in [0.15, 0.2) is 0 Å². The van der Waals surface area contributed by atoms with Crippen LogP contribution in [0.1, 0.15) is 38.7 Å². The highest BCUT2D eigenvalue weighted by Gasteiger charge is 2.37. The Morgan fingerprint density at radius 2 is 1.72 bits per heavy atom. The summed E-state index contributed by atoms with van der Waals surface area (Å²) in [6.07, 6.45) is 4.21. The minimum Gasteiger partial charge on any atom is -0.494 e. The van der Waals surface area contributed by atoms with Crippen molar-refractivity contribution >= 4 is 45.5 Å². The molecule has 4 amide bonds. The predicted molar refractivity (Wildman–Crippen MR) is 126 cm³/mol. The molecule has 8 heteroatoms. The predicted octanol–water partition coefficient (Wildman–Crippen LogP) is 5.08. The Hall–Kier alpha value is -3.13. The number of ether oxygens (including phenoxy) is 2. The number of barbiturate groups is 1. The van der Waals surface area contributed by atoms with Crippen molar-refractivity contribution < 1.29 is 23.9 Å². The summed E-state index contributed by atoms with van der Waals surface area (Å²) < 4.78 is 12.1. The van der Waals surface area contributed by atoms with Gasteiger partial charge in [-0.15, -0.1) is 0 Å². The van der Waals surface area contributed by atoms with Crippen LogP contribution >= 0.6 is 15.9 Å².